The maximum Gasteiger partial charge on any atom is 0.275 e. The normalized spacial score (nSPS) is 11.0. The molecule has 0 fully saturated rings. The van der Waals surface area contributed by atoms with Gasteiger partial charge in [-0.15, -0.1) is 0 Å². The molecule has 27 heavy (non-hydrogen) atoms. The SMILES string of the molecule is NC(=O)c1nn(CC(=O)Nc2nc3ccccc3[nH]2)c(=O)c2ccccc12. The number of carbonyl (C=O) groups excluding carboxylic acids is 2. The van der Waals surface area contributed by atoms with E-state index in [0.29, 0.717) is 10.9 Å². The van der Waals surface area contributed by atoms with Crippen molar-refractivity contribution < 1.29 is 9.59 Å². The summed E-state index contributed by atoms with van der Waals surface area (Å²) in [6.45, 7) is -0.388. The van der Waals surface area contributed by atoms with Gasteiger partial charge in [-0.1, -0.05) is 30.3 Å². The Morgan fingerprint density at radius 2 is 1.78 bits per heavy atom. The molecule has 0 unspecified atom stereocenters. The molecule has 134 valence electrons. The zero-order chi connectivity index (χ0) is 19.0. The van der Waals surface area contributed by atoms with E-state index in [1.165, 1.54) is 0 Å². The first-order valence-corrected chi connectivity index (χ1v) is 8.07. The van der Waals surface area contributed by atoms with Crippen LogP contribution in [0.5, 0.6) is 0 Å². The Hall–Kier alpha value is -4.01. The van der Waals surface area contributed by atoms with Crippen molar-refractivity contribution in [1.82, 2.24) is 19.7 Å². The summed E-state index contributed by atoms with van der Waals surface area (Å²) in [6.07, 6.45) is 0. The third-order valence-electron chi connectivity index (χ3n) is 4.04. The third-order valence-corrected chi connectivity index (χ3v) is 4.04. The van der Waals surface area contributed by atoms with Gasteiger partial charge < -0.3 is 10.7 Å². The highest BCUT2D eigenvalue weighted by molar-refractivity contribution is 6.04. The predicted molar refractivity (Wildman–Crippen MR) is 99.2 cm³/mol. The van der Waals surface area contributed by atoms with E-state index in [1.54, 1.807) is 30.3 Å². The quantitative estimate of drug-likeness (QED) is 0.498. The first kappa shape index (κ1) is 16.5. The van der Waals surface area contributed by atoms with Crippen molar-refractivity contribution in [2.45, 2.75) is 6.54 Å². The second kappa shape index (κ2) is 6.37. The van der Waals surface area contributed by atoms with Gasteiger partial charge in [-0.05, 0) is 18.2 Å². The molecular weight excluding hydrogens is 348 g/mol. The number of carbonyl (C=O) groups is 2. The highest BCUT2D eigenvalue weighted by atomic mass is 16.2. The first-order valence-electron chi connectivity index (χ1n) is 8.07. The van der Waals surface area contributed by atoms with E-state index in [9.17, 15) is 14.4 Å². The molecule has 0 aliphatic rings. The van der Waals surface area contributed by atoms with Crippen molar-refractivity contribution >= 4 is 39.6 Å². The molecule has 9 heteroatoms. The predicted octanol–water partition coefficient (Wildman–Crippen LogP) is 1.01. The number of nitrogens with zero attached hydrogens (tertiary/aromatic N) is 3. The lowest BCUT2D eigenvalue weighted by molar-refractivity contribution is -0.117. The fraction of sp³-hybridized carbons (Fsp3) is 0.0556. The molecule has 0 aliphatic heterocycles. The summed E-state index contributed by atoms with van der Waals surface area (Å²) in [5, 5.41) is 7.16. The van der Waals surface area contributed by atoms with Crippen molar-refractivity contribution in [2.24, 2.45) is 5.73 Å². The number of hydrogen-bond acceptors (Lipinski definition) is 5. The highest BCUT2D eigenvalue weighted by Crippen LogP contribution is 2.14. The van der Waals surface area contributed by atoms with Crippen molar-refractivity contribution in [3.63, 3.8) is 0 Å². The molecule has 0 saturated carbocycles. The Kier molecular flexibility index (Phi) is 3.88. The number of benzene rings is 2. The molecule has 4 N–H and O–H groups in total. The maximum absolute atomic E-state index is 12.6. The maximum atomic E-state index is 12.6. The van der Waals surface area contributed by atoms with Gasteiger partial charge >= 0.3 is 0 Å². The summed E-state index contributed by atoms with van der Waals surface area (Å²) in [5.41, 5.74) is 6.27. The molecule has 2 heterocycles. The van der Waals surface area contributed by atoms with Gasteiger partial charge in [0.25, 0.3) is 11.5 Å². The number of hydrogen-bond donors (Lipinski definition) is 3. The van der Waals surface area contributed by atoms with Gasteiger partial charge in [-0.2, -0.15) is 5.10 Å². The number of aromatic nitrogens is 4. The van der Waals surface area contributed by atoms with Gasteiger partial charge in [0, 0.05) is 5.39 Å². The van der Waals surface area contributed by atoms with Gasteiger partial charge in [0.2, 0.25) is 11.9 Å². The number of anilines is 1. The van der Waals surface area contributed by atoms with Gasteiger partial charge in [-0.25, -0.2) is 9.67 Å². The second-order valence-electron chi connectivity index (χ2n) is 5.87. The molecule has 0 bridgehead atoms. The monoisotopic (exact) mass is 362 g/mol. The van der Waals surface area contributed by atoms with E-state index in [2.05, 4.69) is 20.4 Å². The lowest BCUT2D eigenvalue weighted by atomic mass is 10.1. The molecule has 2 aromatic heterocycles. The van der Waals surface area contributed by atoms with E-state index in [-0.39, 0.29) is 23.6 Å². The zero-order valence-electron chi connectivity index (χ0n) is 14.0. The van der Waals surface area contributed by atoms with Crippen LogP contribution in [0.2, 0.25) is 0 Å². The minimum atomic E-state index is -0.780. The van der Waals surface area contributed by atoms with Crippen LogP contribution in [0.3, 0.4) is 0 Å². The summed E-state index contributed by atoms with van der Waals surface area (Å²) in [4.78, 5) is 43.8. The summed E-state index contributed by atoms with van der Waals surface area (Å²) in [7, 11) is 0. The van der Waals surface area contributed by atoms with Crippen LogP contribution in [0.4, 0.5) is 5.95 Å². The highest BCUT2D eigenvalue weighted by Gasteiger charge is 2.16. The Bertz CT molecular complexity index is 1220. The van der Waals surface area contributed by atoms with Crippen molar-refractivity contribution in [3.8, 4) is 0 Å². The number of primary amides is 1. The number of aromatic amines is 1. The van der Waals surface area contributed by atoms with Crippen molar-refractivity contribution in [1.29, 1.82) is 0 Å². The molecule has 0 saturated heterocycles. The number of para-hydroxylation sites is 2. The van der Waals surface area contributed by atoms with E-state index in [1.807, 2.05) is 18.2 Å². The zero-order valence-corrected chi connectivity index (χ0v) is 14.0. The molecule has 2 aromatic carbocycles. The van der Waals surface area contributed by atoms with Gasteiger partial charge in [0.1, 0.15) is 6.54 Å². The summed E-state index contributed by atoms with van der Waals surface area (Å²) in [6, 6.07) is 13.8. The molecule has 9 nitrogen and oxygen atoms in total. The Morgan fingerprint density at radius 3 is 2.52 bits per heavy atom. The lowest BCUT2D eigenvalue weighted by Crippen LogP contribution is -2.32. The van der Waals surface area contributed by atoms with Crippen LogP contribution in [0.1, 0.15) is 10.5 Å². The molecular formula is C18H14N6O3. The average Bonchev–Trinajstić information content (AvgIpc) is 3.06. The molecule has 4 rings (SSSR count). The van der Waals surface area contributed by atoms with E-state index < -0.39 is 17.4 Å². The smallest absolute Gasteiger partial charge is 0.275 e. The number of rotatable bonds is 4. The van der Waals surface area contributed by atoms with E-state index in [0.717, 1.165) is 10.2 Å². The van der Waals surface area contributed by atoms with Crippen LogP contribution in [0, 0.1) is 0 Å². The number of fused-ring (bicyclic) bond motifs is 2. The van der Waals surface area contributed by atoms with Crippen LogP contribution in [0.25, 0.3) is 21.8 Å². The molecule has 2 amide bonds. The van der Waals surface area contributed by atoms with Crippen LogP contribution in [-0.2, 0) is 11.3 Å². The van der Waals surface area contributed by atoms with Crippen molar-refractivity contribution in [2.75, 3.05) is 5.32 Å². The van der Waals surface area contributed by atoms with Gasteiger partial charge in [0.05, 0.1) is 16.4 Å². The molecule has 4 aromatic rings. The Labute approximate surface area is 151 Å². The third kappa shape index (κ3) is 3.01. The summed E-state index contributed by atoms with van der Waals surface area (Å²) in [5.74, 6) is -1.04. The minimum Gasteiger partial charge on any atom is -0.364 e. The molecule has 0 radical (unpaired) electrons. The summed E-state index contributed by atoms with van der Waals surface area (Å²) >= 11 is 0. The second-order valence-corrected chi connectivity index (χ2v) is 5.87. The lowest BCUT2D eigenvalue weighted by Gasteiger charge is -2.09. The molecule has 0 spiro atoms. The van der Waals surface area contributed by atoms with E-state index in [4.69, 9.17) is 5.73 Å². The topological polar surface area (TPSA) is 136 Å². The minimum absolute atomic E-state index is 0.0678. The number of nitrogens with two attached hydrogens (primary N) is 1. The van der Waals surface area contributed by atoms with Gasteiger partial charge in [0.15, 0.2) is 5.69 Å². The standard InChI is InChI=1S/C18H14N6O3/c19-16(26)15-10-5-1-2-6-11(10)17(27)24(23-15)9-14(25)22-18-20-12-7-3-4-8-13(12)21-18/h1-8H,9H2,(H2,19,26)(H2,20,21,22,25). The molecule has 0 aliphatic carbocycles. The van der Waals surface area contributed by atoms with Crippen LogP contribution >= 0.6 is 0 Å². The fourth-order valence-electron chi connectivity index (χ4n) is 2.84. The Balaban J connectivity index is 1.66. The summed E-state index contributed by atoms with van der Waals surface area (Å²) < 4.78 is 0.917. The van der Waals surface area contributed by atoms with Crippen LogP contribution in [-0.4, -0.2) is 31.6 Å². The van der Waals surface area contributed by atoms with Crippen molar-refractivity contribution in [3.05, 3.63) is 64.6 Å². The average molecular weight is 362 g/mol. The molecule has 0 atom stereocenters. The largest absolute Gasteiger partial charge is 0.364 e. The number of imidazole rings is 1. The number of nitrogens with one attached hydrogen (secondary N) is 2. The number of H-pyrrole nitrogens is 1. The first-order chi connectivity index (χ1) is 13.0. The van der Waals surface area contributed by atoms with E-state index >= 15 is 0 Å². The number of amides is 2. The fourth-order valence-corrected chi connectivity index (χ4v) is 2.84. The van der Waals surface area contributed by atoms with Crippen LogP contribution < -0.4 is 16.6 Å². The Morgan fingerprint density at radius 1 is 1.07 bits per heavy atom. The van der Waals surface area contributed by atoms with Gasteiger partial charge in [-0.3, -0.25) is 19.7 Å². The van der Waals surface area contributed by atoms with Crippen LogP contribution in [0.15, 0.2) is 53.3 Å².